The van der Waals surface area contributed by atoms with Crippen molar-refractivity contribution >= 4 is 11.8 Å². The van der Waals surface area contributed by atoms with Crippen LogP contribution in [0.3, 0.4) is 0 Å². The minimum absolute atomic E-state index is 0.0715. The second-order valence-electron chi connectivity index (χ2n) is 4.13. The first-order valence-electron chi connectivity index (χ1n) is 6.03. The number of aromatic nitrogens is 3. The monoisotopic (exact) mass is 260 g/mol. The number of hydrogen-bond acceptors (Lipinski definition) is 5. The molecule has 0 amide bonds. The zero-order valence-electron chi connectivity index (χ0n) is 10.7. The highest BCUT2D eigenvalue weighted by Crippen LogP contribution is 2.10. The number of esters is 1. The number of benzene rings is 1. The summed E-state index contributed by atoms with van der Waals surface area (Å²) in [6.07, 6.45) is 1.80. The summed E-state index contributed by atoms with van der Waals surface area (Å²) >= 11 is 0. The van der Waals surface area contributed by atoms with E-state index in [2.05, 4.69) is 27.2 Å². The molecule has 0 saturated carbocycles. The second-order valence-corrected chi connectivity index (χ2v) is 4.13. The van der Waals surface area contributed by atoms with Crippen LogP contribution < -0.4 is 5.73 Å². The molecular weight excluding hydrogens is 244 g/mol. The molecule has 0 fully saturated rings. The fourth-order valence-electron chi connectivity index (χ4n) is 1.81. The molecule has 0 radical (unpaired) electrons. The number of anilines is 1. The molecule has 2 aromatic rings. The van der Waals surface area contributed by atoms with E-state index >= 15 is 0 Å². The highest BCUT2D eigenvalue weighted by molar-refractivity contribution is 5.91. The maximum atomic E-state index is 11.3. The molecule has 100 valence electrons. The van der Waals surface area contributed by atoms with Crippen LogP contribution in [0.25, 0.3) is 0 Å². The first-order chi connectivity index (χ1) is 9.22. The standard InChI is InChI=1S/C13H16N4O2/c1-19-13(18)11-12(14)17(16-15-11)9-5-8-10-6-3-2-4-7-10/h2-4,6-7H,5,8-9,14H2,1H3. The van der Waals surface area contributed by atoms with Crippen molar-refractivity contribution in [2.24, 2.45) is 0 Å². The average molecular weight is 260 g/mol. The van der Waals surface area contributed by atoms with Gasteiger partial charge in [0.15, 0.2) is 5.82 Å². The van der Waals surface area contributed by atoms with Crippen molar-refractivity contribution in [3.05, 3.63) is 41.6 Å². The van der Waals surface area contributed by atoms with E-state index in [1.165, 1.54) is 17.4 Å². The van der Waals surface area contributed by atoms with Gasteiger partial charge in [-0.05, 0) is 18.4 Å². The van der Waals surface area contributed by atoms with Crippen molar-refractivity contribution in [3.8, 4) is 0 Å². The molecular formula is C13H16N4O2. The summed E-state index contributed by atoms with van der Waals surface area (Å²) in [5.41, 5.74) is 7.13. The summed E-state index contributed by atoms with van der Waals surface area (Å²) in [7, 11) is 1.29. The van der Waals surface area contributed by atoms with Crippen molar-refractivity contribution in [2.75, 3.05) is 12.8 Å². The molecule has 19 heavy (non-hydrogen) atoms. The van der Waals surface area contributed by atoms with E-state index in [-0.39, 0.29) is 11.5 Å². The molecule has 2 N–H and O–H groups in total. The molecule has 6 heteroatoms. The lowest BCUT2D eigenvalue weighted by molar-refractivity contribution is 0.0595. The van der Waals surface area contributed by atoms with E-state index in [1.807, 2.05) is 18.2 Å². The predicted octanol–water partition coefficient (Wildman–Crippen LogP) is 1.28. The number of carbonyl (C=O) groups excluding carboxylic acids is 1. The first kappa shape index (κ1) is 13.1. The number of nitrogens with zero attached hydrogens (tertiary/aromatic N) is 3. The molecule has 1 aromatic carbocycles. The zero-order chi connectivity index (χ0) is 13.7. The first-order valence-corrected chi connectivity index (χ1v) is 6.03. The highest BCUT2D eigenvalue weighted by atomic mass is 16.5. The van der Waals surface area contributed by atoms with Crippen molar-refractivity contribution < 1.29 is 9.53 Å². The molecule has 0 aliphatic carbocycles. The molecule has 0 spiro atoms. The SMILES string of the molecule is COC(=O)c1nnn(CCCc2ccccc2)c1N. The number of rotatable bonds is 5. The van der Waals surface area contributed by atoms with Crippen LogP contribution in [0.1, 0.15) is 22.5 Å². The minimum atomic E-state index is -0.563. The van der Waals surface area contributed by atoms with Crippen molar-refractivity contribution in [2.45, 2.75) is 19.4 Å². The number of aryl methyl sites for hydroxylation is 2. The van der Waals surface area contributed by atoms with E-state index in [0.29, 0.717) is 6.54 Å². The third-order valence-electron chi connectivity index (χ3n) is 2.83. The van der Waals surface area contributed by atoms with Gasteiger partial charge in [-0.2, -0.15) is 0 Å². The van der Waals surface area contributed by atoms with Gasteiger partial charge in [0.2, 0.25) is 5.69 Å². The van der Waals surface area contributed by atoms with Gasteiger partial charge in [0.25, 0.3) is 0 Å². The van der Waals surface area contributed by atoms with Crippen LogP contribution in [0.4, 0.5) is 5.82 Å². The molecule has 0 saturated heterocycles. The molecule has 1 aromatic heterocycles. The quantitative estimate of drug-likeness (QED) is 0.819. The number of nitrogen functional groups attached to an aromatic ring is 1. The Balaban J connectivity index is 1.93. The Labute approximate surface area is 111 Å². The van der Waals surface area contributed by atoms with E-state index in [0.717, 1.165) is 12.8 Å². The molecule has 0 atom stereocenters. The summed E-state index contributed by atoms with van der Waals surface area (Å²) in [4.78, 5) is 11.3. The lowest BCUT2D eigenvalue weighted by atomic mass is 10.1. The zero-order valence-corrected chi connectivity index (χ0v) is 10.7. The van der Waals surface area contributed by atoms with Crippen LogP contribution in [0.2, 0.25) is 0 Å². The number of nitrogens with two attached hydrogens (primary N) is 1. The van der Waals surface area contributed by atoms with Gasteiger partial charge in [-0.15, -0.1) is 5.10 Å². The third kappa shape index (κ3) is 3.09. The normalized spacial score (nSPS) is 10.4. The van der Waals surface area contributed by atoms with Crippen LogP contribution in [-0.4, -0.2) is 28.1 Å². The lowest BCUT2D eigenvalue weighted by Gasteiger charge is -2.03. The molecule has 2 rings (SSSR count). The summed E-state index contributed by atoms with van der Waals surface area (Å²) in [6.45, 7) is 0.616. The molecule has 1 heterocycles. The van der Waals surface area contributed by atoms with E-state index < -0.39 is 5.97 Å². The van der Waals surface area contributed by atoms with Gasteiger partial charge >= 0.3 is 5.97 Å². The molecule has 0 bridgehead atoms. The van der Waals surface area contributed by atoms with Crippen molar-refractivity contribution in [1.29, 1.82) is 0 Å². The van der Waals surface area contributed by atoms with Crippen LogP contribution in [-0.2, 0) is 17.7 Å². The predicted molar refractivity (Wildman–Crippen MR) is 70.5 cm³/mol. The van der Waals surface area contributed by atoms with Gasteiger partial charge in [0, 0.05) is 6.54 Å². The van der Waals surface area contributed by atoms with Gasteiger partial charge in [-0.3, -0.25) is 0 Å². The maximum absolute atomic E-state index is 11.3. The Kier molecular flexibility index (Phi) is 4.12. The Morgan fingerprint density at radius 2 is 2.11 bits per heavy atom. The summed E-state index contributed by atoms with van der Waals surface area (Å²) in [6, 6.07) is 10.2. The van der Waals surface area contributed by atoms with Crippen molar-refractivity contribution in [1.82, 2.24) is 15.0 Å². The van der Waals surface area contributed by atoms with Crippen LogP contribution >= 0.6 is 0 Å². The van der Waals surface area contributed by atoms with Gasteiger partial charge in [-0.1, -0.05) is 35.5 Å². The van der Waals surface area contributed by atoms with E-state index in [4.69, 9.17) is 5.73 Å². The molecule has 0 unspecified atom stereocenters. The topological polar surface area (TPSA) is 83.0 Å². The molecule has 6 nitrogen and oxygen atoms in total. The summed E-state index contributed by atoms with van der Waals surface area (Å²) < 4.78 is 6.09. The Bertz CT molecular complexity index is 551. The van der Waals surface area contributed by atoms with E-state index in [9.17, 15) is 4.79 Å². The fraction of sp³-hybridized carbons (Fsp3) is 0.308. The largest absolute Gasteiger partial charge is 0.464 e. The van der Waals surface area contributed by atoms with Crippen molar-refractivity contribution in [3.63, 3.8) is 0 Å². The van der Waals surface area contributed by atoms with Crippen LogP contribution in [0.15, 0.2) is 30.3 Å². The van der Waals surface area contributed by atoms with Gasteiger partial charge in [-0.25, -0.2) is 9.48 Å². The summed E-state index contributed by atoms with van der Waals surface area (Å²) in [5, 5.41) is 7.58. The van der Waals surface area contributed by atoms with Gasteiger partial charge in [0.05, 0.1) is 7.11 Å². The Morgan fingerprint density at radius 3 is 2.79 bits per heavy atom. The number of ether oxygens (including phenoxy) is 1. The number of hydrogen-bond donors (Lipinski definition) is 1. The Morgan fingerprint density at radius 1 is 1.37 bits per heavy atom. The summed E-state index contributed by atoms with van der Waals surface area (Å²) in [5.74, 6) is -0.313. The molecule has 0 aliphatic rings. The van der Waals surface area contributed by atoms with Gasteiger partial charge < -0.3 is 10.5 Å². The smallest absolute Gasteiger partial charge is 0.362 e. The van der Waals surface area contributed by atoms with E-state index in [1.54, 1.807) is 0 Å². The van der Waals surface area contributed by atoms with Crippen LogP contribution in [0.5, 0.6) is 0 Å². The number of methoxy groups -OCH3 is 1. The maximum Gasteiger partial charge on any atom is 0.362 e. The fourth-order valence-corrected chi connectivity index (χ4v) is 1.81. The third-order valence-corrected chi connectivity index (χ3v) is 2.83. The Hall–Kier alpha value is -2.37. The average Bonchev–Trinajstić information content (AvgIpc) is 2.81. The van der Waals surface area contributed by atoms with Crippen LogP contribution in [0, 0.1) is 0 Å². The van der Waals surface area contributed by atoms with Gasteiger partial charge in [0.1, 0.15) is 0 Å². The number of carbonyl (C=O) groups is 1. The minimum Gasteiger partial charge on any atom is -0.464 e. The highest BCUT2D eigenvalue weighted by Gasteiger charge is 2.17. The molecule has 0 aliphatic heterocycles. The lowest BCUT2D eigenvalue weighted by Crippen LogP contribution is -2.09. The second kappa shape index (κ2) is 5.99.